The van der Waals surface area contributed by atoms with Gasteiger partial charge in [0.15, 0.2) is 0 Å². The van der Waals surface area contributed by atoms with Gasteiger partial charge in [-0.15, -0.1) is 11.3 Å². The van der Waals surface area contributed by atoms with E-state index in [4.69, 9.17) is 15.1 Å². The molecule has 0 spiro atoms. The zero-order valence-corrected chi connectivity index (χ0v) is 16.3. The van der Waals surface area contributed by atoms with Crippen LogP contribution in [0.15, 0.2) is 60.0 Å². The minimum absolute atomic E-state index is 0.0151. The van der Waals surface area contributed by atoms with E-state index in [0.717, 1.165) is 27.3 Å². The van der Waals surface area contributed by atoms with Crippen molar-refractivity contribution in [2.75, 3.05) is 26.7 Å². The Labute approximate surface area is 168 Å². The van der Waals surface area contributed by atoms with Crippen LogP contribution in [0.2, 0.25) is 0 Å². The average Bonchev–Trinajstić information content (AvgIpc) is 3.22. The number of thiophene rings is 1. The maximum absolute atomic E-state index is 10.8. The Bertz CT molecular complexity index is 976. The summed E-state index contributed by atoms with van der Waals surface area (Å²) >= 11 is 1.64. The van der Waals surface area contributed by atoms with Crippen LogP contribution in [-0.2, 0) is 4.79 Å². The van der Waals surface area contributed by atoms with Gasteiger partial charge in [-0.3, -0.25) is 9.69 Å². The topological polar surface area (TPSA) is 73.6 Å². The van der Waals surface area contributed by atoms with Gasteiger partial charge in [-0.05, 0) is 53.9 Å². The summed E-state index contributed by atoms with van der Waals surface area (Å²) in [5, 5.41) is 19.8. The lowest BCUT2D eigenvalue weighted by Gasteiger charge is -2.16. The number of hydrogen-bond donors (Lipinski definition) is 1. The van der Waals surface area contributed by atoms with E-state index in [1.807, 2.05) is 53.9 Å². The standard InChI is InChI=1S/C22H20N2O3S/c1-24(15-22(25)26)10-11-27-20-9-8-18(13-19(20)21-3-2-12-28-21)17-6-4-16(14-23)5-7-17/h2-9,12-13H,10-11,15H2,1H3,(H,25,26). The molecule has 6 heteroatoms. The maximum atomic E-state index is 10.8. The van der Waals surface area contributed by atoms with Crippen LogP contribution in [0, 0.1) is 11.3 Å². The molecule has 0 saturated heterocycles. The van der Waals surface area contributed by atoms with E-state index < -0.39 is 5.97 Å². The van der Waals surface area contributed by atoms with Crippen molar-refractivity contribution >= 4 is 17.3 Å². The predicted octanol–water partition coefficient (Wildman–Crippen LogP) is 4.35. The summed E-state index contributed by atoms with van der Waals surface area (Å²) in [6.45, 7) is 0.907. The molecule has 0 radical (unpaired) electrons. The minimum atomic E-state index is -0.853. The molecule has 0 aliphatic rings. The van der Waals surface area contributed by atoms with Crippen molar-refractivity contribution in [3.63, 3.8) is 0 Å². The largest absolute Gasteiger partial charge is 0.492 e. The van der Waals surface area contributed by atoms with E-state index in [-0.39, 0.29) is 6.54 Å². The number of carboxylic acids is 1. The molecule has 28 heavy (non-hydrogen) atoms. The van der Waals surface area contributed by atoms with E-state index in [1.54, 1.807) is 23.3 Å². The highest BCUT2D eigenvalue weighted by molar-refractivity contribution is 7.13. The van der Waals surface area contributed by atoms with Gasteiger partial charge in [-0.1, -0.05) is 24.3 Å². The Morgan fingerprint density at radius 2 is 1.93 bits per heavy atom. The lowest BCUT2D eigenvalue weighted by molar-refractivity contribution is -0.138. The predicted molar refractivity (Wildman–Crippen MR) is 111 cm³/mol. The zero-order valence-electron chi connectivity index (χ0n) is 15.5. The Hall–Kier alpha value is -3.14. The second-order valence-corrected chi connectivity index (χ2v) is 7.31. The first-order chi connectivity index (χ1) is 13.6. The second kappa shape index (κ2) is 9.18. The molecule has 5 nitrogen and oxygen atoms in total. The highest BCUT2D eigenvalue weighted by Gasteiger charge is 2.11. The number of carboxylic acid groups (broad SMARTS) is 1. The monoisotopic (exact) mass is 392 g/mol. The van der Waals surface area contributed by atoms with Crippen LogP contribution < -0.4 is 4.74 Å². The van der Waals surface area contributed by atoms with Crippen LogP contribution in [-0.4, -0.2) is 42.7 Å². The average molecular weight is 392 g/mol. The smallest absolute Gasteiger partial charge is 0.317 e. The van der Waals surface area contributed by atoms with E-state index in [0.29, 0.717) is 18.7 Å². The number of rotatable bonds is 8. The quantitative estimate of drug-likeness (QED) is 0.617. The van der Waals surface area contributed by atoms with Gasteiger partial charge in [0.2, 0.25) is 0 Å². The van der Waals surface area contributed by atoms with Gasteiger partial charge in [0.1, 0.15) is 12.4 Å². The number of aliphatic carboxylic acids is 1. The zero-order chi connectivity index (χ0) is 19.9. The number of benzene rings is 2. The molecule has 2 aromatic carbocycles. The summed E-state index contributed by atoms with van der Waals surface area (Å²) in [6.07, 6.45) is 0. The van der Waals surface area contributed by atoms with E-state index in [9.17, 15) is 4.79 Å². The van der Waals surface area contributed by atoms with E-state index in [2.05, 4.69) is 12.1 Å². The van der Waals surface area contributed by atoms with Crippen molar-refractivity contribution < 1.29 is 14.6 Å². The molecule has 1 heterocycles. The number of nitrogens with zero attached hydrogens (tertiary/aromatic N) is 2. The first kappa shape index (κ1) is 19.6. The molecule has 3 rings (SSSR count). The third-order valence-electron chi connectivity index (χ3n) is 4.25. The molecule has 0 fully saturated rings. The molecule has 0 unspecified atom stereocenters. The number of nitriles is 1. The summed E-state index contributed by atoms with van der Waals surface area (Å²) in [5.41, 5.74) is 3.71. The molecule has 0 bridgehead atoms. The first-order valence-corrected chi connectivity index (χ1v) is 9.66. The van der Waals surface area contributed by atoms with Crippen LogP contribution in [0.1, 0.15) is 5.56 Å². The van der Waals surface area contributed by atoms with Crippen molar-refractivity contribution in [3.05, 3.63) is 65.5 Å². The summed E-state index contributed by atoms with van der Waals surface area (Å²) in [6, 6.07) is 19.7. The highest BCUT2D eigenvalue weighted by Crippen LogP contribution is 2.36. The van der Waals surface area contributed by atoms with Crippen molar-refractivity contribution in [3.8, 4) is 33.4 Å². The van der Waals surface area contributed by atoms with Crippen molar-refractivity contribution in [1.29, 1.82) is 5.26 Å². The fourth-order valence-corrected chi connectivity index (χ4v) is 3.57. The van der Waals surface area contributed by atoms with Gasteiger partial charge >= 0.3 is 5.97 Å². The fourth-order valence-electron chi connectivity index (χ4n) is 2.82. The van der Waals surface area contributed by atoms with Crippen molar-refractivity contribution in [2.45, 2.75) is 0 Å². The van der Waals surface area contributed by atoms with Crippen LogP contribution >= 0.6 is 11.3 Å². The Balaban J connectivity index is 1.82. The minimum Gasteiger partial charge on any atom is -0.492 e. The van der Waals surface area contributed by atoms with Gasteiger partial charge in [-0.2, -0.15) is 5.26 Å². The van der Waals surface area contributed by atoms with E-state index >= 15 is 0 Å². The summed E-state index contributed by atoms with van der Waals surface area (Å²) < 4.78 is 5.97. The van der Waals surface area contributed by atoms with Gasteiger partial charge in [0.05, 0.1) is 18.2 Å². The second-order valence-electron chi connectivity index (χ2n) is 6.36. The molecule has 0 aliphatic heterocycles. The summed E-state index contributed by atoms with van der Waals surface area (Å²) in [7, 11) is 1.76. The molecule has 3 aromatic rings. The Morgan fingerprint density at radius 1 is 1.18 bits per heavy atom. The number of ether oxygens (including phenoxy) is 1. The first-order valence-electron chi connectivity index (χ1n) is 8.78. The third-order valence-corrected chi connectivity index (χ3v) is 5.15. The van der Waals surface area contributed by atoms with Crippen LogP contribution in [0.25, 0.3) is 21.6 Å². The molecule has 142 valence electrons. The molecule has 0 aliphatic carbocycles. The normalized spacial score (nSPS) is 10.6. The van der Waals surface area contributed by atoms with Crippen LogP contribution in [0.3, 0.4) is 0 Å². The van der Waals surface area contributed by atoms with Crippen LogP contribution in [0.5, 0.6) is 5.75 Å². The number of likely N-dealkylation sites (N-methyl/N-ethyl adjacent to an activating group) is 1. The van der Waals surface area contributed by atoms with Gasteiger partial charge in [0, 0.05) is 17.0 Å². The van der Waals surface area contributed by atoms with Gasteiger partial charge in [-0.25, -0.2) is 0 Å². The third kappa shape index (κ3) is 4.97. The number of hydrogen-bond acceptors (Lipinski definition) is 5. The molecule has 0 amide bonds. The summed E-state index contributed by atoms with van der Waals surface area (Å²) in [5.74, 6) is -0.0860. The summed E-state index contributed by atoms with van der Waals surface area (Å²) in [4.78, 5) is 13.6. The van der Waals surface area contributed by atoms with E-state index in [1.165, 1.54) is 0 Å². The molecule has 1 N–H and O–H groups in total. The lowest BCUT2D eigenvalue weighted by atomic mass is 10.0. The number of carbonyl (C=O) groups is 1. The van der Waals surface area contributed by atoms with Gasteiger partial charge < -0.3 is 9.84 Å². The van der Waals surface area contributed by atoms with Crippen molar-refractivity contribution in [2.24, 2.45) is 0 Å². The molecule has 0 atom stereocenters. The molecular formula is C22H20N2O3S. The highest BCUT2D eigenvalue weighted by atomic mass is 32.1. The molecule has 0 saturated carbocycles. The fraction of sp³-hybridized carbons (Fsp3) is 0.182. The Kier molecular flexibility index (Phi) is 6.43. The van der Waals surface area contributed by atoms with Gasteiger partial charge in [0.25, 0.3) is 0 Å². The van der Waals surface area contributed by atoms with Crippen molar-refractivity contribution in [1.82, 2.24) is 4.90 Å². The van der Waals surface area contributed by atoms with Crippen LogP contribution in [0.4, 0.5) is 0 Å². The molecular weight excluding hydrogens is 372 g/mol. The lowest BCUT2D eigenvalue weighted by Crippen LogP contribution is -2.29. The Morgan fingerprint density at radius 3 is 2.57 bits per heavy atom. The maximum Gasteiger partial charge on any atom is 0.317 e. The molecule has 1 aromatic heterocycles. The SMILES string of the molecule is CN(CCOc1ccc(-c2ccc(C#N)cc2)cc1-c1cccs1)CC(=O)O.